The molecule has 3 heterocycles. The van der Waals surface area contributed by atoms with E-state index in [4.69, 9.17) is 0 Å². The van der Waals surface area contributed by atoms with Crippen molar-refractivity contribution < 1.29 is 4.79 Å². The number of likely N-dealkylation sites (tertiary alicyclic amines) is 1. The van der Waals surface area contributed by atoms with Crippen molar-refractivity contribution in [3.8, 4) is 0 Å². The molecule has 1 aliphatic rings. The third-order valence-corrected chi connectivity index (χ3v) is 5.01. The minimum absolute atomic E-state index is 0.0622. The standard InChI is InChI=1S/C17H22N4OS/c1-5-23-14-8-12(6-7-18-14)16(22)21-11-17(2,3)15(21)13-9-19-20(4)10-13/h6-10,15H,5,11H2,1-4H3/t15-/m1/s1. The SMILES string of the molecule is CCSc1cc(C(=O)N2CC(C)(C)[C@H]2c2cnn(C)c2)ccn1. The predicted molar refractivity (Wildman–Crippen MR) is 91.4 cm³/mol. The average molecular weight is 330 g/mol. The van der Waals surface area contributed by atoms with Gasteiger partial charge in [-0.15, -0.1) is 11.8 Å². The first kappa shape index (κ1) is 16.1. The van der Waals surface area contributed by atoms with Gasteiger partial charge in [0.05, 0.1) is 17.3 Å². The summed E-state index contributed by atoms with van der Waals surface area (Å²) in [5, 5.41) is 5.15. The molecule has 0 saturated carbocycles. The van der Waals surface area contributed by atoms with Crippen molar-refractivity contribution in [1.29, 1.82) is 0 Å². The van der Waals surface area contributed by atoms with Crippen molar-refractivity contribution in [2.24, 2.45) is 12.5 Å². The van der Waals surface area contributed by atoms with Gasteiger partial charge in [-0.3, -0.25) is 9.48 Å². The van der Waals surface area contributed by atoms with Crippen LogP contribution in [0.25, 0.3) is 0 Å². The maximum absolute atomic E-state index is 12.9. The summed E-state index contributed by atoms with van der Waals surface area (Å²) in [6.07, 6.45) is 5.57. The van der Waals surface area contributed by atoms with E-state index in [-0.39, 0.29) is 17.4 Å². The van der Waals surface area contributed by atoms with E-state index in [0.717, 1.165) is 22.9 Å². The van der Waals surface area contributed by atoms with E-state index in [9.17, 15) is 4.79 Å². The normalized spacial score (nSPS) is 19.5. The van der Waals surface area contributed by atoms with Gasteiger partial charge in [0.1, 0.15) is 0 Å². The fourth-order valence-corrected chi connectivity index (χ4v) is 3.90. The van der Waals surface area contributed by atoms with Crippen LogP contribution in [-0.2, 0) is 7.05 Å². The Hall–Kier alpha value is -1.82. The number of nitrogens with zero attached hydrogens (tertiary/aromatic N) is 4. The quantitative estimate of drug-likeness (QED) is 0.808. The molecule has 6 heteroatoms. The Kier molecular flexibility index (Phi) is 4.19. The van der Waals surface area contributed by atoms with Gasteiger partial charge in [-0.1, -0.05) is 20.8 Å². The van der Waals surface area contributed by atoms with E-state index in [0.29, 0.717) is 5.56 Å². The maximum Gasteiger partial charge on any atom is 0.254 e. The van der Waals surface area contributed by atoms with Crippen LogP contribution in [0, 0.1) is 5.41 Å². The molecule has 3 rings (SSSR count). The molecule has 0 bridgehead atoms. The number of hydrogen-bond acceptors (Lipinski definition) is 4. The Morgan fingerprint density at radius 3 is 2.87 bits per heavy atom. The van der Waals surface area contributed by atoms with Gasteiger partial charge in [0, 0.05) is 42.5 Å². The van der Waals surface area contributed by atoms with Crippen molar-refractivity contribution in [1.82, 2.24) is 19.7 Å². The van der Waals surface area contributed by atoms with Gasteiger partial charge in [0.15, 0.2) is 0 Å². The highest BCUT2D eigenvalue weighted by Crippen LogP contribution is 2.48. The van der Waals surface area contributed by atoms with Crippen LogP contribution in [0.2, 0.25) is 0 Å². The summed E-state index contributed by atoms with van der Waals surface area (Å²) in [6.45, 7) is 7.22. The van der Waals surface area contributed by atoms with Gasteiger partial charge in [-0.2, -0.15) is 5.10 Å². The molecule has 0 unspecified atom stereocenters. The number of carbonyl (C=O) groups is 1. The Morgan fingerprint density at radius 1 is 1.48 bits per heavy atom. The van der Waals surface area contributed by atoms with Gasteiger partial charge < -0.3 is 4.90 Å². The van der Waals surface area contributed by atoms with Crippen LogP contribution in [0.4, 0.5) is 0 Å². The second-order valence-electron chi connectivity index (χ2n) is 6.59. The summed E-state index contributed by atoms with van der Waals surface area (Å²) in [5.41, 5.74) is 1.86. The van der Waals surface area contributed by atoms with Crippen molar-refractivity contribution in [2.45, 2.75) is 31.8 Å². The molecule has 0 aliphatic carbocycles. The zero-order valence-corrected chi connectivity index (χ0v) is 14.8. The lowest BCUT2D eigenvalue weighted by Gasteiger charge is -2.54. The number of aromatic nitrogens is 3. The number of pyridine rings is 1. The van der Waals surface area contributed by atoms with Gasteiger partial charge >= 0.3 is 0 Å². The van der Waals surface area contributed by atoms with E-state index < -0.39 is 0 Å². The lowest BCUT2D eigenvalue weighted by molar-refractivity contribution is -0.0323. The van der Waals surface area contributed by atoms with Crippen LogP contribution in [-0.4, -0.2) is 37.9 Å². The molecule has 0 radical (unpaired) electrons. The largest absolute Gasteiger partial charge is 0.330 e. The highest BCUT2D eigenvalue weighted by atomic mass is 32.2. The van der Waals surface area contributed by atoms with Crippen molar-refractivity contribution in [2.75, 3.05) is 12.3 Å². The molecular formula is C17H22N4OS. The molecular weight excluding hydrogens is 308 g/mol. The Bertz CT molecular complexity index is 725. The summed E-state index contributed by atoms with van der Waals surface area (Å²) in [4.78, 5) is 19.2. The van der Waals surface area contributed by atoms with Crippen LogP contribution < -0.4 is 0 Å². The molecule has 0 N–H and O–H groups in total. The Labute approximate surface area is 141 Å². The van der Waals surface area contributed by atoms with Gasteiger partial charge in [0.25, 0.3) is 5.91 Å². The monoisotopic (exact) mass is 330 g/mol. The fraction of sp³-hybridized carbons (Fsp3) is 0.471. The second kappa shape index (κ2) is 6.00. The molecule has 2 aromatic rings. The number of hydrogen-bond donors (Lipinski definition) is 0. The predicted octanol–water partition coefficient (Wildman–Crippen LogP) is 3.15. The van der Waals surface area contributed by atoms with Crippen LogP contribution in [0.5, 0.6) is 0 Å². The minimum Gasteiger partial charge on any atom is -0.330 e. The third-order valence-electron chi connectivity index (χ3n) is 4.21. The first-order chi connectivity index (χ1) is 10.9. The molecule has 1 fully saturated rings. The lowest BCUT2D eigenvalue weighted by atomic mass is 9.72. The van der Waals surface area contributed by atoms with E-state index in [2.05, 4.69) is 30.9 Å². The summed E-state index contributed by atoms with van der Waals surface area (Å²) in [6, 6.07) is 3.76. The van der Waals surface area contributed by atoms with Gasteiger partial charge in [-0.05, 0) is 17.9 Å². The van der Waals surface area contributed by atoms with Crippen LogP contribution in [0.15, 0.2) is 35.7 Å². The van der Waals surface area contributed by atoms with E-state index in [1.54, 1.807) is 28.7 Å². The molecule has 1 amide bonds. The van der Waals surface area contributed by atoms with Crippen molar-refractivity contribution in [3.63, 3.8) is 0 Å². The van der Waals surface area contributed by atoms with Crippen molar-refractivity contribution >= 4 is 17.7 Å². The smallest absolute Gasteiger partial charge is 0.254 e. The Morgan fingerprint density at radius 2 is 2.26 bits per heavy atom. The molecule has 5 nitrogen and oxygen atoms in total. The molecule has 1 saturated heterocycles. The number of rotatable bonds is 4. The molecule has 23 heavy (non-hydrogen) atoms. The highest BCUT2D eigenvalue weighted by Gasteiger charge is 2.49. The molecule has 0 spiro atoms. The fourth-order valence-electron chi connectivity index (χ4n) is 3.26. The van der Waals surface area contributed by atoms with E-state index in [1.165, 1.54) is 0 Å². The van der Waals surface area contributed by atoms with Gasteiger partial charge in [-0.25, -0.2) is 4.98 Å². The van der Waals surface area contributed by atoms with Crippen LogP contribution in [0.1, 0.15) is 42.7 Å². The molecule has 2 aromatic heterocycles. The van der Waals surface area contributed by atoms with Gasteiger partial charge in [0.2, 0.25) is 0 Å². The minimum atomic E-state index is 0.0622. The van der Waals surface area contributed by atoms with E-state index in [1.807, 2.05) is 30.4 Å². The van der Waals surface area contributed by atoms with E-state index >= 15 is 0 Å². The zero-order valence-electron chi connectivity index (χ0n) is 14.0. The Balaban J connectivity index is 1.86. The first-order valence-corrected chi connectivity index (χ1v) is 8.79. The van der Waals surface area contributed by atoms with Crippen LogP contribution in [0.3, 0.4) is 0 Å². The average Bonchev–Trinajstić information content (AvgIpc) is 2.90. The second-order valence-corrected chi connectivity index (χ2v) is 7.87. The topological polar surface area (TPSA) is 51.0 Å². The molecule has 0 aromatic carbocycles. The highest BCUT2D eigenvalue weighted by molar-refractivity contribution is 7.99. The molecule has 1 atom stereocenters. The van der Waals surface area contributed by atoms with Crippen LogP contribution >= 0.6 is 11.8 Å². The summed E-state index contributed by atoms with van der Waals surface area (Å²) < 4.78 is 1.79. The summed E-state index contributed by atoms with van der Waals surface area (Å²) >= 11 is 1.65. The number of carbonyl (C=O) groups excluding carboxylic acids is 1. The van der Waals surface area contributed by atoms with Crippen molar-refractivity contribution in [3.05, 3.63) is 41.9 Å². The number of thioether (sulfide) groups is 1. The summed E-state index contributed by atoms with van der Waals surface area (Å²) in [5.74, 6) is 1.01. The molecule has 122 valence electrons. The maximum atomic E-state index is 12.9. The lowest BCUT2D eigenvalue weighted by Crippen LogP contribution is -2.57. The summed E-state index contributed by atoms with van der Waals surface area (Å²) in [7, 11) is 1.90. The zero-order chi connectivity index (χ0) is 16.6. The number of amides is 1. The first-order valence-electron chi connectivity index (χ1n) is 7.81. The third kappa shape index (κ3) is 3.00. The number of aryl methyl sites for hydroxylation is 1. The molecule has 1 aliphatic heterocycles.